The molecule has 1 rings (SSSR count). The molecule has 0 aliphatic rings. The predicted octanol–water partition coefficient (Wildman–Crippen LogP) is 0.0537. The van der Waals surface area contributed by atoms with E-state index >= 15 is 0 Å². The zero-order valence-corrected chi connectivity index (χ0v) is 10.5. The molecule has 0 spiro atoms. The van der Waals surface area contributed by atoms with Crippen LogP contribution in [0.15, 0.2) is 24.3 Å². The van der Waals surface area contributed by atoms with E-state index in [-0.39, 0.29) is 11.8 Å². The number of nitrogens with one attached hydrogen (secondary N) is 2. The summed E-state index contributed by atoms with van der Waals surface area (Å²) in [6.45, 7) is 2.80. The smallest absolute Gasteiger partial charge is 0.251 e. The Balaban J connectivity index is 2.53. The van der Waals surface area contributed by atoms with Gasteiger partial charge in [-0.2, -0.15) is 0 Å². The molecule has 0 aliphatic carbocycles. The van der Waals surface area contributed by atoms with Crippen molar-refractivity contribution in [1.82, 2.24) is 10.6 Å². The zero-order chi connectivity index (χ0) is 13.4. The molecule has 0 heterocycles. The third kappa shape index (κ3) is 4.55. The van der Waals surface area contributed by atoms with Crippen LogP contribution in [0, 0.1) is 0 Å². The number of hydrogen-bond donors (Lipinski definition) is 3. The Hall–Kier alpha value is -1.88. The molecule has 0 saturated heterocycles. The van der Waals surface area contributed by atoms with Gasteiger partial charge < -0.3 is 16.4 Å². The van der Waals surface area contributed by atoms with Gasteiger partial charge in [0.2, 0.25) is 5.91 Å². The summed E-state index contributed by atoms with van der Waals surface area (Å²) < 4.78 is 0. The van der Waals surface area contributed by atoms with E-state index in [9.17, 15) is 9.59 Å². The molecule has 5 nitrogen and oxygen atoms in total. The summed E-state index contributed by atoms with van der Waals surface area (Å²) in [6, 6.07) is 7.39. The molecule has 0 saturated carbocycles. The van der Waals surface area contributed by atoms with Crippen LogP contribution in [0.5, 0.6) is 0 Å². The first-order chi connectivity index (χ1) is 8.65. The third-order valence-corrected chi connectivity index (χ3v) is 2.46. The first-order valence-electron chi connectivity index (χ1n) is 5.95. The Morgan fingerprint density at radius 2 is 1.83 bits per heavy atom. The Labute approximate surface area is 107 Å². The van der Waals surface area contributed by atoms with Crippen LogP contribution in [-0.2, 0) is 11.2 Å². The summed E-state index contributed by atoms with van der Waals surface area (Å²) in [6.07, 6.45) is 0.676. The average Bonchev–Trinajstić information content (AvgIpc) is 2.35. The van der Waals surface area contributed by atoms with E-state index < -0.39 is 0 Å². The van der Waals surface area contributed by atoms with E-state index in [1.54, 1.807) is 6.07 Å². The van der Waals surface area contributed by atoms with Crippen molar-refractivity contribution < 1.29 is 9.59 Å². The molecule has 0 aliphatic heterocycles. The molecule has 0 bridgehead atoms. The van der Waals surface area contributed by atoms with Crippen LogP contribution in [0.3, 0.4) is 0 Å². The number of nitrogens with two attached hydrogens (primary N) is 1. The number of amides is 2. The van der Waals surface area contributed by atoms with Crippen LogP contribution in [0.2, 0.25) is 0 Å². The van der Waals surface area contributed by atoms with Gasteiger partial charge in [0.15, 0.2) is 0 Å². The van der Waals surface area contributed by atoms with Gasteiger partial charge in [0.05, 0.1) is 0 Å². The molecule has 4 N–H and O–H groups in total. The van der Waals surface area contributed by atoms with Crippen molar-refractivity contribution in [2.45, 2.75) is 13.3 Å². The van der Waals surface area contributed by atoms with Gasteiger partial charge in [-0.1, -0.05) is 18.2 Å². The zero-order valence-electron chi connectivity index (χ0n) is 10.5. The fourth-order valence-corrected chi connectivity index (χ4v) is 1.63. The predicted molar refractivity (Wildman–Crippen MR) is 70.2 cm³/mol. The molecule has 0 fully saturated rings. The second-order valence-corrected chi connectivity index (χ2v) is 3.93. The Morgan fingerprint density at radius 3 is 2.50 bits per heavy atom. The lowest BCUT2D eigenvalue weighted by Gasteiger charge is -2.09. The molecule has 18 heavy (non-hydrogen) atoms. The summed E-state index contributed by atoms with van der Waals surface area (Å²) in [5.41, 5.74) is 7.09. The molecular formula is C13H19N3O2. The third-order valence-electron chi connectivity index (χ3n) is 2.46. The van der Waals surface area contributed by atoms with Crippen molar-refractivity contribution >= 4 is 11.8 Å². The molecule has 1 aromatic carbocycles. The molecule has 98 valence electrons. The fourth-order valence-electron chi connectivity index (χ4n) is 1.63. The fraction of sp³-hybridized carbons (Fsp3) is 0.385. The maximum absolute atomic E-state index is 11.9. The quantitative estimate of drug-likeness (QED) is 0.623. The van der Waals surface area contributed by atoms with E-state index in [1.165, 1.54) is 6.92 Å². The minimum atomic E-state index is -0.135. The normalized spacial score (nSPS) is 9.89. The van der Waals surface area contributed by atoms with Crippen molar-refractivity contribution in [1.29, 1.82) is 0 Å². The van der Waals surface area contributed by atoms with Gasteiger partial charge in [-0.15, -0.1) is 0 Å². The highest BCUT2D eigenvalue weighted by molar-refractivity contribution is 5.95. The number of carbonyl (C=O) groups is 2. The largest absolute Gasteiger partial charge is 0.355 e. The summed E-state index contributed by atoms with van der Waals surface area (Å²) in [4.78, 5) is 22.6. The molecule has 1 aromatic rings. The van der Waals surface area contributed by atoms with Gasteiger partial charge in [0.1, 0.15) is 0 Å². The highest BCUT2D eigenvalue weighted by Crippen LogP contribution is 2.08. The van der Waals surface area contributed by atoms with Crippen molar-refractivity contribution in [3.05, 3.63) is 35.4 Å². The molecule has 0 aromatic heterocycles. The van der Waals surface area contributed by atoms with Gasteiger partial charge in [-0.05, 0) is 24.6 Å². The Morgan fingerprint density at radius 1 is 1.17 bits per heavy atom. The van der Waals surface area contributed by atoms with Crippen molar-refractivity contribution in [3.8, 4) is 0 Å². The number of hydrogen-bond acceptors (Lipinski definition) is 3. The SMILES string of the molecule is CC(=O)NCCNC(=O)c1ccccc1CCN. The van der Waals surface area contributed by atoms with Crippen LogP contribution in [0.25, 0.3) is 0 Å². The van der Waals surface area contributed by atoms with Crippen molar-refractivity contribution in [2.24, 2.45) is 5.73 Å². The molecular weight excluding hydrogens is 230 g/mol. The van der Waals surface area contributed by atoms with E-state index in [2.05, 4.69) is 10.6 Å². The highest BCUT2D eigenvalue weighted by Gasteiger charge is 2.09. The number of rotatable bonds is 6. The van der Waals surface area contributed by atoms with Crippen LogP contribution in [-0.4, -0.2) is 31.4 Å². The van der Waals surface area contributed by atoms with Gasteiger partial charge in [-0.3, -0.25) is 9.59 Å². The van der Waals surface area contributed by atoms with Gasteiger partial charge in [-0.25, -0.2) is 0 Å². The van der Waals surface area contributed by atoms with Crippen LogP contribution in [0.4, 0.5) is 0 Å². The first-order valence-corrected chi connectivity index (χ1v) is 5.95. The van der Waals surface area contributed by atoms with Crippen LogP contribution in [0.1, 0.15) is 22.8 Å². The number of benzene rings is 1. The van der Waals surface area contributed by atoms with Gasteiger partial charge >= 0.3 is 0 Å². The lowest BCUT2D eigenvalue weighted by atomic mass is 10.0. The summed E-state index contributed by atoms with van der Waals surface area (Å²) in [5.74, 6) is -0.239. The summed E-state index contributed by atoms with van der Waals surface area (Å²) in [5, 5.41) is 5.38. The van der Waals surface area contributed by atoms with Crippen molar-refractivity contribution in [3.63, 3.8) is 0 Å². The lowest BCUT2D eigenvalue weighted by Crippen LogP contribution is -2.34. The molecule has 0 radical (unpaired) electrons. The van der Waals surface area contributed by atoms with Crippen LogP contribution >= 0.6 is 0 Å². The standard InChI is InChI=1S/C13H19N3O2/c1-10(17)15-8-9-16-13(18)12-5-3-2-4-11(12)6-7-14/h2-5H,6-9,14H2,1H3,(H,15,17)(H,16,18). The van der Waals surface area contributed by atoms with Crippen LogP contribution < -0.4 is 16.4 Å². The first kappa shape index (κ1) is 14.2. The molecule has 0 atom stereocenters. The second-order valence-electron chi connectivity index (χ2n) is 3.93. The topological polar surface area (TPSA) is 84.2 Å². The van der Waals surface area contributed by atoms with Crippen molar-refractivity contribution in [2.75, 3.05) is 19.6 Å². The van der Waals surface area contributed by atoms with E-state index in [1.807, 2.05) is 18.2 Å². The molecule has 0 unspecified atom stereocenters. The molecule has 5 heteroatoms. The maximum atomic E-state index is 11.9. The van der Waals surface area contributed by atoms with E-state index in [4.69, 9.17) is 5.73 Å². The minimum absolute atomic E-state index is 0.104. The summed E-state index contributed by atoms with van der Waals surface area (Å²) >= 11 is 0. The second kappa shape index (κ2) is 7.45. The van der Waals surface area contributed by atoms with E-state index in [0.29, 0.717) is 31.6 Å². The Bertz CT molecular complexity index is 418. The van der Waals surface area contributed by atoms with E-state index in [0.717, 1.165) is 5.56 Å². The average molecular weight is 249 g/mol. The maximum Gasteiger partial charge on any atom is 0.251 e. The Kier molecular flexibility index (Phi) is 5.87. The highest BCUT2D eigenvalue weighted by atomic mass is 16.2. The minimum Gasteiger partial charge on any atom is -0.355 e. The summed E-state index contributed by atoms with van der Waals surface area (Å²) in [7, 11) is 0. The van der Waals surface area contributed by atoms with Gasteiger partial charge in [0, 0.05) is 25.6 Å². The monoisotopic (exact) mass is 249 g/mol. The molecule has 2 amide bonds. The lowest BCUT2D eigenvalue weighted by molar-refractivity contribution is -0.118. The van der Waals surface area contributed by atoms with Gasteiger partial charge in [0.25, 0.3) is 5.91 Å². The number of carbonyl (C=O) groups excluding carboxylic acids is 2.